The summed E-state index contributed by atoms with van der Waals surface area (Å²) in [6.07, 6.45) is 19.3. The lowest BCUT2D eigenvalue weighted by Gasteiger charge is -2.13. The van der Waals surface area contributed by atoms with Crippen LogP contribution in [-0.2, 0) is 19.3 Å². The molecule has 3 aliphatic rings. The van der Waals surface area contributed by atoms with Crippen LogP contribution in [0.5, 0.6) is 0 Å². The van der Waals surface area contributed by atoms with Crippen LogP contribution in [-0.4, -0.2) is 71.8 Å². The van der Waals surface area contributed by atoms with Gasteiger partial charge >= 0.3 is 0 Å². The number of aromatic nitrogens is 15. The van der Waals surface area contributed by atoms with Crippen molar-refractivity contribution < 1.29 is 0 Å². The normalized spacial score (nSPS) is 12.8. The van der Waals surface area contributed by atoms with Gasteiger partial charge in [0.25, 0.3) is 0 Å². The number of hydrogen-bond acceptors (Lipinski definition) is 9. The second-order valence-electron chi connectivity index (χ2n) is 32.7. The Balaban J connectivity index is 0.0000000946. The van der Waals surface area contributed by atoms with E-state index in [0.717, 1.165) is 119 Å². The molecule has 15 heteroatoms. The molecule has 27 aromatic rings. The van der Waals surface area contributed by atoms with E-state index in [-0.39, 0.29) is 0 Å². The number of fused-ring (bicyclic) bond motifs is 47. The quantitative estimate of drug-likeness (QED) is 0.158. The third-order valence-corrected chi connectivity index (χ3v) is 26.6. The maximum absolute atomic E-state index is 5.16. The number of pyridine rings is 9. The molecule has 123 heavy (non-hydrogen) atoms. The van der Waals surface area contributed by atoms with Crippen LogP contribution in [0.3, 0.4) is 0 Å². The molecular formula is C108H63N15. The predicted molar refractivity (Wildman–Crippen MR) is 498 cm³/mol. The molecule has 15 aromatic heterocycles. The Morgan fingerprint density at radius 2 is 0.618 bits per heavy atom. The Morgan fingerprint density at radius 1 is 0.228 bits per heavy atom. The van der Waals surface area contributed by atoms with Gasteiger partial charge in [0.2, 0.25) is 0 Å². The molecule has 0 saturated carbocycles. The molecule has 30 rings (SSSR count). The molecular weight excluding hydrogens is 1510 g/mol. The number of rotatable bonds is 3. The zero-order chi connectivity index (χ0) is 80.0. The lowest BCUT2D eigenvalue weighted by Crippen LogP contribution is -1.96. The standard InChI is InChI=1S/3C36H21N5/c1-2-7-22(8-3-1)40-29-10-5-4-9-23(29)25-13-12-21-19-27-24(32(21)35(25)40)14-15-26-33(27)36-39-28-20-37-18-16-30(28)41(36)31-11-6-17-38-34(26)31;1-2-7-21(8-3-1)40-29-10-5-4-9-24(29)33-26-19-27-22(23(26)14-15-31(33)40)12-13-25-34(27)36-39-28-20-37-18-16-30(28)41(36)32-11-6-17-38-35(25)32;1-2-7-22(8-3-1)40-30-10-5-4-9-24(30)27-17-21-18-28-23(26(21)19-33(27)40)12-13-25-34(28)36-39-29-20-37-16-14-31(29)41(36)32-11-6-15-38-35(25)32/h2*1-18,20H,19H2;1-17,19-20H,18H2. The van der Waals surface area contributed by atoms with Crippen LogP contribution in [0.15, 0.2) is 347 Å². The second-order valence-corrected chi connectivity index (χ2v) is 32.7. The van der Waals surface area contributed by atoms with Crippen molar-refractivity contribution in [2.24, 2.45) is 0 Å². The summed E-state index contributed by atoms with van der Waals surface area (Å²) < 4.78 is 14.0. The average molecular weight is 1570 g/mol. The molecule has 0 saturated heterocycles. The van der Waals surface area contributed by atoms with Gasteiger partial charge in [0.05, 0.1) is 101 Å². The third kappa shape index (κ3) is 9.12. The molecule has 0 aliphatic heterocycles. The van der Waals surface area contributed by atoms with Crippen molar-refractivity contribution in [3.05, 3.63) is 380 Å². The van der Waals surface area contributed by atoms with E-state index in [9.17, 15) is 0 Å². The SMILES string of the molecule is c1ccc(-n2c3ccccc3c3c4c(ccc32)-c2ccc3c5ncccc5n5c6ccncc6nc5c3c2C4)cc1.c1ccc(-n2c3ccccc3c3cc4c(cc32)-c2ccc3c5ncccc5n5c6ccncc6nc5c3c2C4)cc1.c1ccc(-n2c3ccccc3c3ccc4c(c32)-c2ccc3c5ncccc5n5c6ccncc6nc5c3c2C4)cc1. The molecule has 0 unspecified atom stereocenters. The van der Waals surface area contributed by atoms with E-state index in [0.29, 0.717) is 0 Å². The van der Waals surface area contributed by atoms with E-state index in [1.165, 1.54) is 165 Å². The first-order chi connectivity index (χ1) is 61.1. The van der Waals surface area contributed by atoms with Crippen LogP contribution >= 0.6 is 0 Å². The molecule has 0 atom stereocenters. The zero-order valence-corrected chi connectivity index (χ0v) is 65.7. The molecule has 12 aromatic carbocycles. The van der Waals surface area contributed by atoms with E-state index in [4.69, 9.17) is 29.9 Å². The largest absolute Gasteiger partial charge is 0.309 e. The van der Waals surface area contributed by atoms with E-state index in [1.54, 1.807) is 0 Å². The first kappa shape index (κ1) is 66.4. The average Bonchev–Trinajstić information content (AvgIpc) is 1.55. The fourth-order valence-electron chi connectivity index (χ4n) is 21.7. The number of nitrogens with zero attached hydrogens (tertiary/aromatic N) is 15. The maximum atomic E-state index is 5.16. The Kier molecular flexibility index (Phi) is 13.5. The molecule has 15 heterocycles. The highest BCUT2D eigenvalue weighted by Crippen LogP contribution is 2.53. The molecule has 15 nitrogen and oxygen atoms in total. The summed E-state index contributed by atoms with van der Waals surface area (Å²) >= 11 is 0. The Labute approximate surface area is 698 Å². The summed E-state index contributed by atoms with van der Waals surface area (Å²) in [6, 6.07) is 105. The number of para-hydroxylation sites is 6. The summed E-state index contributed by atoms with van der Waals surface area (Å²) in [4.78, 5) is 43.2. The monoisotopic (exact) mass is 1570 g/mol. The van der Waals surface area contributed by atoms with Gasteiger partial charge in [0.1, 0.15) is 33.5 Å². The third-order valence-electron chi connectivity index (χ3n) is 26.6. The minimum absolute atomic E-state index is 0.845. The van der Waals surface area contributed by atoms with Gasteiger partial charge in [-0.15, -0.1) is 0 Å². The minimum atomic E-state index is 0.845. The first-order valence-corrected chi connectivity index (χ1v) is 41.8. The van der Waals surface area contributed by atoms with Gasteiger partial charge < -0.3 is 13.7 Å². The van der Waals surface area contributed by atoms with Crippen LogP contribution < -0.4 is 0 Å². The van der Waals surface area contributed by atoms with Gasteiger partial charge in [-0.2, -0.15) is 0 Å². The highest BCUT2D eigenvalue weighted by atomic mass is 15.1. The Hall–Kier alpha value is -16.7. The first-order valence-electron chi connectivity index (χ1n) is 41.8. The molecule has 0 spiro atoms. The molecule has 0 radical (unpaired) electrons. The molecule has 3 aliphatic carbocycles. The van der Waals surface area contributed by atoms with Gasteiger partial charge in [0, 0.05) is 131 Å². The highest BCUT2D eigenvalue weighted by molar-refractivity contribution is 6.23. The highest BCUT2D eigenvalue weighted by Gasteiger charge is 2.33. The van der Waals surface area contributed by atoms with Gasteiger partial charge in [0.15, 0.2) is 0 Å². The molecule has 0 bridgehead atoms. The molecule has 570 valence electrons. The smallest absolute Gasteiger partial charge is 0.146 e. The zero-order valence-electron chi connectivity index (χ0n) is 65.7. The Bertz CT molecular complexity index is 9380. The molecule has 0 N–H and O–H groups in total. The van der Waals surface area contributed by atoms with Crippen LogP contribution in [0.1, 0.15) is 33.4 Å². The summed E-state index contributed by atoms with van der Waals surface area (Å²) in [7, 11) is 0. The maximum Gasteiger partial charge on any atom is 0.146 e. The molecule has 0 fully saturated rings. The number of hydrogen-bond donors (Lipinski definition) is 0. The minimum Gasteiger partial charge on any atom is -0.309 e. The van der Waals surface area contributed by atoms with Gasteiger partial charge in [-0.1, -0.05) is 164 Å². The van der Waals surface area contributed by atoms with Crippen LogP contribution in [0.4, 0.5) is 0 Å². The summed E-state index contributed by atoms with van der Waals surface area (Å²) in [5, 5.41) is 14.7. The summed E-state index contributed by atoms with van der Waals surface area (Å²) in [6.45, 7) is 0. The van der Waals surface area contributed by atoms with Crippen LogP contribution in [0.25, 0.3) is 231 Å². The lowest BCUT2D eigenvalue weighted by atomic mass is 9.98. The van der Waals surface area contributed by atoms with Crippen molar-refractivity contribution in [2.75, 3.05) is 0 Å². The summed E-state index contributed by atoms with van der Waals surface area (Å²) in [5.41, 5.74) is 41.7. The number of imidazole rings is 3. The summed E-state index contributed by atoms with van der Waals surface area (Å²) in [5.74, 6) is 0. The molecule has 0 amide bonds. The van der Waals surface area contributed by atoms with Crippen molar-refractivity contribution in [3.63, 3.8) is 0 Å². The lowest BCUT2D eigenvalue weighted by molar-refractivity contribution is 1.18. The fraction of sp³-hybridized carbons (Fsp3) is 0.0278. The van der Waals surface area contributed by atoms with Gasteiger partial charge in [-0.05, 0) is 201 Å². The van der Waals surface area contributed by atoms with E-state index in [2.05, 4.69) is 297 Å². The van der Waals surface area contributed by atoms with E-state index >= 15 is 0 Å². The predicted octanol–water partition coefficient (Wildman–Crippen LogP) is 24.8. The van der Waals surface area contributed by atoms with E-state index < -0.39 is 0 Å². The number of benzene rings is 12. The van der Waals surface area contributed by atoms with Crippen molar-refractivity contribution in [3.8, 4) is 50.4 Å². The van der Waals surface area contributed by atoms with Crippen molar-refractivity contribution in [1.82, 2.24) is 71.8 Å². The second kappa shape index (κ2) is 25.0. The van der Waals surface area contributed by atoms with Crippen molar-refractivity contribution in [2.45, 2.75) is 19.3 Å². The fourth-order valence-corrected chi connectivity index (χ4v) is 21.7. The van der Waals surface area contributed by atoms with Gasteiger partial charge in [-0.25, -0.2) is 15.0 Å². The topological polar surface area (TPSA) is 144 Å². The van der Waals surface area contributed by atoms with Crippen molar-refractivity contribution >= 4 is 181 Å². The Morgan fingerprint density at radius 3 is 1.15 bits per heavy atom. The van der Waals surface area contributed by atoms with Crippen LogP contribution in [0.2, 0.25) is 0 Å². The van der Waals surface area contributed by atoms with Crippen molar-refractivity contribution in [1.29, 1.82) is 0 Å². The van der Waals surface area contributed by atoms with E-state index in [1.807, 2.05) is 92.2 Å². The van der Waals surface area contributed by atoms with Crippen LogP contribution in [0, 0.1) is 0 Å². The van der Waals surface area contributed by atoms with Gasteiger partial charge in [-0.3, -0.25) is 43.1 Å².